The van der Waals surface area contributed by atoms with Gasteiger partial charge >= 0.3 is 5.97 Å². The van der Waals surface area contributed by atoms with Crippen LogP contribution < -0.4 is 5.32 Å². The predicted molar refractivity (Wildman–Crippen MR) is 88.9 cm³/mol. The molecule has 5 heteroatoms. The van der Waals surface area contributed by atoms with Crippen LogP contribution in [0.4, 0.5) is 11.4 Å². The van der Waals surface area contributed by atoms with Gasteiger partial charge in [0.15, 0.2) is 5.69 Å². The third kappa shape index (κ3) is 3.37. The number of rotatable bonds is 5. The Kier molecular flexibility index (Phi) is 4.56. The summed E-state index contributed by atoms with van der Waals surface area (Å²) in [5.74, 6) is 1.23. The van der Waals surface area contributed by atoms with Gasteiger partial charge in [-0.3, -0.25) is 10.1 Å². The molecule has 0 unspecified atom stereocenters. The lowest BCUT2D eigenvalue weighted by atomic mass is 10.2. The number of amidine groups is 1. The summed E-state index contributed by atoms with van der Waals surface area (Å²) in [5, 5.41) is 2.07. The maximum Gasteiger partial charge on any atom is 0.306 e. The zero-order valence-corrected chi connectivity index (χ0v) is 12.9. The molecular weight excluding hydrogens is 296 g/mol. The van der Waals surface area contributed by atoms with E-state index in [4.69, 9.17) is 4.74 Å². The Morgan fingerprint density at radius 1 is 1.18 bits per heavy atom. The van der Waals surface area contributed by atoms with E-state index in [0.717, 1.165) is 28.3 Å². The lowest BCUT2D eigenvalue weighted by molar-refractivity contribution is -0.437. The van der Waals surface area contributed by atoms with Crippen molar-refractivity contribution >= 4 is 35.8 Å². The molecular formula is C17H17N2O2S+. The van der Waals surface area contributed by atoms with Gasteiger partial charge in [-0.15, -0.1) is 0 Å². The molecule has 0 amide bonds. The van der Waals surface area contributed by atoms with Crippen LogP contribution in [0.1, 0.15) is 17.5 Å². The van der Waals surface area contributed by atoms with Crippen LogP contribution >= 0.6 is 12.6 Å². The third-order valence-electron chi connectivity index (χ3n) is 3.41. The summed E-state index contributed by atoms with van der Waals surface area (Å²) in [6.45, 7) is 0.274. The summed E-state index contributed by atoms with van der Waals surface area (Å²) in [6.07, 6.45) is 0.331. The van der Waals surface area contributed by atoms with Crippen molar-refractivity contribution in [3.8, 4) is 0 Å². The molecule has 0 aliphatic carbocycles. The van der Waals surface area contributed by atoms with E-state index in [9.17, 15) is 4.79 Å². The fraction of sp³-hybridized carbons (Fsp3) is 0.176. The second-order valence-corrected chi connectivity index (χ2v) is 5.48. The molecule has 1 aliphatic heterocycles. The first-order chi connectivity index (χ1) is 10.8. The maximum absolute atomic E-state index is 11.4. The van der Waals surface area contributed by atoms with E-state index < -0.39 is 0 Å². The average Bonchev–Trinajstić information content (AvgIpc) is 2.97. The standard InChI is InChI=1S/C17H16N2O2S/c20-16(8-9-22)21-11-12-6-7-14-15(10-12)19-17(18-14)13-4-2-1-3-5-13/h1-7,10,22H,8-9,11H2,(H,18,19)/p+1. The van der Waals surface area contributed by atoms with Crippen LogP contribution in [-0.4, -0.2) is 17.6 Å². The number of benzene rings is 2. The number of hydrogen-bond acceptors (Lipinski definition) is 4. The summed E-state index contributed by atoms with van der Waals surface area (Å²) in [4.78, 5) is 16.0. The number of fused-ring (bicyclic) bond motifs is 1. The van der Waals surface area contributed by atoms with Crippen molar-refractivity contribution in [2.75, 3.05) is 5.75 Å². The first-order valence-electron chi connectivity index (χ1n) is 7.14. The highest BCUT2D eigenvalue weighted by atomic mass is 32.1. The number of ether oxygens (including phenoxy) is 1. The SMILES string of the molecule is O=C(CCS)OCc1ccc2c(c1)N=C(c1ccccc1)[NH2+]2. The molecule has 22 heavy (non-hydrogen) atoms. The van der Waals surface area contributed by atoms with Gasteiger partial charge in [-0.2, -0.15) is 17.6 Å². The number of nitrogens with zero attached hydrogens (tertiary/aromatic N) is 1. The van der Waals surface area contributed by atoms with Gasteiger partial charge in [0.25, 0.3) is 0 Å². The van der Waals surface area contributed by atoms with Gasteiger partial charge in [0.05, 0.1) is 12.0 Å². The largest absolute Gasteiger partial charge is 0.461 e. The third-order valence-corrected chi connectivity index (χ3v) is 3.64. The van der Waals surface area contributed by atoms with E-state index >= 15 is 0 Å². The molecule has 112 valence electrons. The monoisotopic (exact) mass is 313 g/mol. The van der Waals surface area contributed by atoms with Gasteiger partial charge in [-0.05, 0) is 29.8 Å². The van der Waals surface area contributed by atoms with Crippen LogP contribution in [0.5, 0.6) is 0 Å². The van der Waals surface area contributed by atoms with E-state index in [2.05, 4.69) is 22.9 Å². The minimum atomic E-state index is -0.226. The number of esters is 1. The molecule has 0 fully saturated rings. The Bertz CT molecular complexity index is 714. The molecule has 0 saturated carbocycles. The van der Waals surface area contributed by atoms with Gasteiger partial charge in [-0.25, -0.2) is 0 Å². The first-order valence-corrected chi connectivity index (χ1v) is 7.78. The number of hydrogen-bond donors (Lipinski definition) is 2. The van der Waals surface area contributed by atoms with Gasteiger partial charge < -0.3 is 4.74 Å². The highest BCUT2D eigenvalue weighted by Crippen LogP contribution is 2.27. The zero-order chi connectivity index (χ0) is 15.4. The van der Waals surface area contributed by atoms with E-state index in [1.54, 1.807) is 0 Å². The van der Waals surface area contributed by atoms with Crippen molar-refractivity contribution in [1.29, 1.82) is 0 Å². The molecule has 0 aromatic heterocycles. The minimum Gasteiger partial charge on any atom is -0.461 e. The van der Waals surface area contributed by atoms with Crippen LogP contribution in [0.2, 0.25) is 0 Å². The normalized spacial score (nSPS) is 12.7. The van der Waals surface area contributed by atoms with Gasteiger partial charge in [0.2, 0.25) is 5.84 Å². The highest BCUT2D eigenvalue weighted by Gasteiger charge is 2.21. The summed E-state index contributed by atoms with van der Waals surface area (Å²) < 4.78 is 5.19. The number of quaternary nitrogens is 1. The minimum absolute atomic E-state index is 0.226. The summed E-state index contributed by atoms with van der Waals surface area (Å²) in [7, 11) is 0. The Morgan fingerprint density at radius 3 is 2.77 bits per heavy atom. The smallest absolute Gasteiger partial charge is 0.306 e. The van der Waals surface area contributed by atoms with Crippen LogP contribution in [0.15, 0.2) is 53.5 Å². The van der Waals surface area contributed by atoms with Crippen LogP contribution in [-0.2, 0) is 16.1 Å². The van der Waals surface area contributed by atoms with Crippen molar-refractivity contribution in [3.05, 3.63) is 59.7 Å². The fourth-order valence-corrected chi connectivity index (χ4v) is 2.47. The lowest BCUT2D eigenvalue weighted by Gasteiger charge is -2.04. The maximum atomic E-state index is 11.4. The summed E-state index contributed by atoms with van der Waals surface area (Å²) in [6, 6.07) is 16.0. The van der Waals surface area contributed by atoms with E-state index in [0.29, 0.717) is 12.2 Å². The molecule has 0 radical (unpaired) electrons. The van der Waals surface area contributed by atoms with Crippen molar-refractivity contribution in [1.82, 2.24) is 0 Å². The van der Waals surface area contributed by atoms with Crippen LogP contribution in [0, 0.1) is 0 Å². The Morgan fingerprint density at radius 2 is 2.00 bits per heavy atom. The molecule has 0 saturated heterocycles. The van der Waals surface area contributed by atoms with E-state index in [-0.39, 0.29) is 12.6 Å². The lowest BCUT2D eigenvalue weighted by Crippen LogP contribution is -2.80. The Balaban J connectivity index is 1.72. The first kappa shape index (κ1) is 14.8. The molecule has 0 spiro atoms. The molecule has 2 aromatic carbocycles. The molecule has 2 aromatic rings. The highest BCUT2D eigenvalue weighted by molar-refractivity contribution is 7.80. The van der Waals surface area contributed by atoms with Crippen molar-refractivity contribution in [2.45, 2.75) is 13.0 Å². The predicted octanol–water partition coefficient (Wildman–Crippen LogP) is 2.34. The second-order valence-electron chi connectivity index (χ2n) is 5.03. The quantitative estimate of drug-likeness (QED) is 0.506. The van der Waals surface area contributed by atoms with Gasteiger partial charge in [0.1, 0.15) is 12.3 Å². The van der Waals surface area contributed by atoms with Crippen LogP contribution in [0.3, 0.4) is 0 Å². The number of thiol groups is 1. The summed E-state index contributed by atoms with van der Waals surface area (Å²) in [5.41, 5.74) is 4.05. The number of carbonyl (C=O) groups excluding carboxylic acids is 1. The van der Waals surface area contributed by atoms with E-state index in [1.165, 1.54) is 0 Å². The number of aliphatic imine (C=N–C) groups is 1. The molecule has 1 heterocycles. The Hall–Kier alpha value is -2.11. The van der Waals surface area contributed by atoms with Crippen molar-refractivity contribution in [2.24, 2.45) is 4.99 Å². The topological polar surface area (TPSA) is 55.3 Å². The molecule has 3 rings (SSSR count). The fourth-order valence-electron chi connectivity index (χ4n) is 2.29. The number of nitrogens with two attached hydrogens (primary N) is 1. The van der Waals surface area contributed by atoms with Crippen molar-refractivity contribution < 1.29 is 14.8 Å². The molecule has 1 aliphatic rings. The second kappa shape index (κ2) is 6.77. The summed E-state index contributed by atoms with van der Waals surface area (Å²) >= 11 is 4.02. The van der Waals surface area contributed by atoms with Gasteiger partial charge in [-0.1, -0.05) is 18.2 Å². The number of carbonyl (C=O) groups is 1. The Labute approximate surface area is 134 Å². The van der Waals surface area contributed by atoms with Gasteiger partial charge in [0, 0.05) is 11.8 Å². The van der Waals surface area contributed by atoms with Crippen molar-refractivity contribution in [3.63, 3.8) is 0 Å². The molecule has 0 bridgehead atoms. The molecule has 2 N–H and O–H groups in total. The molecule has 0 atom stereocenters. The zero-order valence-electron chi connectivity index (χ0n) is 12.0. The molecule has 4 nitrogen and oxygen atoms in total. The van der Waals surface area contributed by atoms with E-state index in [1.807, 2.05) is 48.5 Å². The average molecular weight is 313 g/mol. The van der Waals surface area contributed by atoms with Crippen LogP contribution in [0.25, 0.3) is 0 Å².